The monoisotopic (exact) mass is 309 g/mol. The molecule has 1 nitrogen and oxygen atoms in total. The summed E-state index contributed by atoms with van der Waals surface area (Å²) >= 11 is 5.82. The SMILES string of the molecule is Cc1ccc(C(C)NC2C[C@H](C)Sc3sccc32)s1. The largest absolute Gasteiger partial charge is 0.302 e. The molecule has 1 N–H and O–H groups in total. The predicted octanol–water partition coefficient (Wildman–Crippen LogP) is 5.39. The number of aryl methyl sites for hydroxylation is 1. The molecule has 0 saturated carbocycles. The first-order chi connectivity index (χ1) is 9.13. The van der Waals surface area contributed by atoms with Crippen molar-refractivity contribution in [2.45, 2.75) is 48.7 Å². The van der Waals surface area contributed by atoms with Crippen molar-refractivity contribution in [1.82, 2.24) is 5.32 Å². The van der Waals surface area contributed by atoms with Gasteiger partial charge in [0, 0.05) is 27.1 Å². The van der Waals surface area contributed by atoms with Crippen LogP contribution in [0.25, 0.3) is 0 Å². The molecule has 0 spiro atoms. The molecule has 19 heavy (non-hydrogen) atoms. The highest BCUT2D eigenvalue weighted by Crippen LogP contribution is 2.44. The van der Waals surface area contributed by atoms with Gasteiger partial charge in [0.05, 0.1) is 4.21 Å². The van der Waals surface area contributed by atoms with Crippen molar-refractivity contribution in [1.29, 1.82) is 0 Å². The zero-order chi connectivity index (χ0) is 13.4. The minimum absolute atomic E-state index is 0.437. The molecule has 0 radical (unpaired) electrons. The predicted molar refractivity (Wildman–Crippen MR) is 87.6 cm³/mol. The summed E-state index contributed by atoms with van der Waals surface area (Å²) in [5.74, 6) is 0. The highest BCUT2D eigenvalue weighted by molar-refractivity contribution is 8.01. The van der Waals surface area contributed by atoms with Gasteiger partial charge in [0.15, 0.2) is 0 Å². The van der Waals surface area contributed by atoms with Crippen LogP contribution in [0.4, 0.5) is 0 Å². The van der Waals surface area contributed by atoms with Crippen molar-refractivity contribution in [3.05, 3.63) is 38.9 Å². The molecule has 0 amide bonds. The molecule has 3 rings (SSSR count). The summed E-state index contributed by atoms with van der Waals surface area (Å²) in [6, 6.07) is 7.71. The van der Waals surface area contributed by atoms with E-state index in [9.17, 15) is 0 Å². The molecule has 102 valence electrons. The van der Waals surface area contributed by atoms with Gasteiger partial charge in [-0.2, -0.15) is 0 Å². The van der Waals surface area contributed by atoms with E-state index in [-0.39, 0.29) is 0 Å². The molecular formula is C15H19NS3. The number of hydrogen-bond acceptors (Lipinski definition) is 4. The fourth-order valence-electron chi connectivity index (χ4n) is 2.58. The van der Waals surface area contributed by atoms with Crippen LogP contribution in [0, 0.1) is 6.92 Å². The lowest BCUT2D eigenvalue weighted by molar-refractivity contribution is 0.439. The van der Waals surface area contributed by atoms with Gasteiger partial charge < -0.3 is 5.32 Å². The van der Waals surface area contributed by atoms with E-state index in [1.165, 1.54) is 25.9 Å². The summed E-state index contributed by atoms with van der Waals surface area (Å²) in [4.78, 5) is 2.84. The molecule has 3 atom stereocenters. The van der Waals surface area contributed by atoms with Gasteiger partial charge >= 0.3 is 0 Å². The van der Waals surface area contributed by atoms with E-state index in [2.05, 4.69) is 49.7 Å². The molecule has 2 unspecified atom stereocenters. The second-order valence-corrected chi connectivity index (χ2v) is 9.16. The summed E-state index contributed by atoms with van der Waals surface area (Å²) in [5.41, 5.74) is 1.51. The highest BCUT2D eigenvalue weighted by Gasteiger charge is 2.27. The first kappa shape index (κ1) is 13.7. The average Bonchev–Trinajstić information content (AvgIpc) is 2.97. The number of hydrogen-bond donors (Lipinski definition) is 1. The van der Waals surface area contributed by atoms with E-state index in [1.807, 2.05) is 34.4 Å². The molecule has 0 fully saturated rings. The van der Waals surface area contributed by atoms with E-state index in [0.717, 1.165) is 0 Å². The molecule has 2 aromatic rings. The van der Waals surface area contributed by atoms with Crippen LogP contribution in [0.5, 0.6) is 0 Å². The summed E-state index contributed by atoms with van der Waals surface area (Å²) in [6.45, 7) is 6.79. The topological polar surface area (TPSA) is 12.0 Å². The Morgan fingerprint density at radius 3 is 2.89 bits per heavy atom. The Bertz CT molecular complexity index is 557. The number of thioether (sulfide) groups is 1. The van der Waals surface area contributed by atoms with Crippen LogP contribution in [-0.4, -0.2) is 5.25 Å². The molecule has 0 saturated heterocycles. The maximum absolute atomic E-state index is 3.82. The van der Waals surface area contributed by atoms with E-state index >= 15 is 0 Å². The third-order valence-electron chi connectivity index (χ3n) is 3.55. The normalized spacial score (nSPS) is 24.2. The second-order valence-electron chi connectivity index (χ2n) is 5.22. The van der Waals surface area contributed by atoms with Gasteiger partial charge in [-0.15, -0.1) is 34.4 Å². The third kappa shape index (κ3) is 2.92. The number of nitrogens with one attached hydrogen (secondary N) is 1. The van der Waals surface area contributed by atoms with Crippen LogP contribution >= 0.6 is 34.4 Å². The Hall–Kier alpha value is -0.290. The molecule has 1 aliphatic heterocycles. The van der Waals surface area contributed by atoms with Gasteiger partial charge in [-0.1, -0.05) is 6.92 Å². The van der Waals surface area contributed by atoms with Crippen LogP contribution in [0.1, 0.15) is 47.7 Å². The lowest BCUT2D eigenvalue weighted by Gasteiger charge is -2.30. The fraction of sp³-hybridized carbons (Fsp3) is 0.467. The van der Waals surface area contributed by atoms with Gasteiger partial charge in [0.2, 0.25) is 0 Å². The maximum atomic E-state index is 3.82. The first-order valence-corrected chi connectivity index (χ1v) is 9.27. The molecule has 3 heterocycles. The second kappa shape index (κ2) is 5.60. The van der Waals surface area contributed by atoms with Crippen molar-refractivity contribution in [2.75, 3.05) is 0 Å². The zero-order valence-corrected chi connectivity index (χ0v) is 13.9. The van der Waals surface area contributed by atoms with Gasteiger partial charge in [-0.25, -0.2) is 0 Å². The summed E-state index contributed by atoms with van der Waals surface area (Å²) in [7, 11) is 0. The van der Waals surface area contributed by atoms with E-state index < -0.39 is 0 Å². The van der Waals surface area contributed by atoms with Gasteiger partial charge in [-0.05, 0) is 49.4 Å². The fourth-order valence-corrected chi connectivity index (χ4v) is 6.03. The van der Waals surface area contributed by atoms with Crippen LogP contribution in [0.3, 0.4) is 0 Å². The molecule has 4 heteroatoms. The van der Waals surface area contributed by atoms with E-state index in [1.54, 1.807) is 0 Å². The molecule has 0 bridgehead atoms. The van der Waals surface area contributed by atoms with Crippen molar-refractivity contribution >= 4 is 34.4 Å². The lowest BCUT2D eigenvalue weighted by Crippen LogP contribution is -2.28. The quantitative estimate of drug-likeness (QED) is 0.815. The number of thiophene rings is 2. The number of fused-ring (bicyclic) bond motifs is 1. The number of rotatable bonds is 3. The first-order valence-electron chi connectivity index (χ1n) is 6.70. The molecule has 0 aliphatic carbocycles. The molecule has 0 aromatic carbocycles. The van der Waals surface area contributed by atoms with Crippen molar-refractivity contribution in [3.8, 4) is 0 Å². The van der Waals surface area contributed by atoms with Gasteiger partial charge in [-0.3, -0.25) is 0 Å². The highest BCUT2D eigenvalue weighted by atomic mass is 32.2. The average molecular weight is 310 g/mol. The van der Waals surface area contributed by atoms with Crippen LogP contribution in [0.2, 0.25) is 0 Å². The Morgan fingerprint density at radius 2 is 2.16 bits per heavy atom. The van der Waals surface area contributed by atoms with Crippen molar-refractivity contribution < 1.29 is 0 Å². The zero-order valence-electron chi connectivity index (χ0n) is 11.5. The Kier molecular flexibility index (Phi) is 4.03. The molecular weight excluding hydrogens is 290 g/mol. The summed E-state index contributed by atoms with van der Waals surface area (Å²) < 4.78 is 1.51. The third-order valence-corrected chi connectivity index (χ3v) is 7.08. The van der Waals surface area contributed by atoms with Gasteiger partial charge in [0.1, 0.15) is 0 Å². The molecule has 1 aliphatic rings. The van der Waals surface area contributed by atoms with E-state index in [0.29, 0.717) is 17.3 Å². The minimum atomic E-state index is 0.437. The Balaban J connectivity index is 1.77. The summed E-state index contributed by atoms with van der Waals surface area (Å²) in [6.07, 6.45) is 1.23. The van der Waals surface area contributed by atoms with Crippen LogP contribution in [-0.2, 0) is 0 Å². The van der Waals surface area contributed by atoms with E-state index in [4.69, 9.17) is 0 Å². The van der Waals surface area contributed by atoms with Gasteiger partial charge in [0.25, 0.3) is 0 Å². The molecule has 2 aromatic heterocycles. The maximum Gasteiger partial charge on any atom is 0.0649 e. The Labute approximate surface area is 127 Å². The van der Waals surface area contributed by atoms with Crippen molar-refractivity contribution in [3.63, 3.8) is 0 Å². The van der Waals surface area contributed by atoms with Crippen LogP contribution < -0.4 is 5.32 Å². The standard InChI is InChI=1S/C15H19NS3/c1-9-4-5-14(18-9)11(3)16-13-8-10(2)19-15-12(13)6-7-17-15/h4-7,10-11,13,16H,8H2,1-3H3/t10-,11?,13?/m0/s1. The minimum Gasteiger partial charge on any atom is -0.302 e. The summed E-state index contributed by atoms with van der Waals surface area (Å²) in [5, 5.41) is 6.76. The van der Waals surface area contributed by atoms with Crippen molar-refractivity contribution in [2.24, 2.45) is 0 Å². The Morgan fingerprint density at radius 1 is 1.32 bits per heavy atom. The lowest BCUT2D eigenvalue weighted by atomic mass is 10.0. The van der Waals surface area contributed by atoms with Crippen LogP contribution in [0.15, 0.2) is 27.8 Å². The smallest absolute Gasteiger partial charge is 0.0649 e.